The maximum Gasteiger partial charge on any atom is 0.265 e. The summed E-state index contributed by atoms with van der Waals surface area (Å²) in [6.07, 6.45) is 2.88. The first-order chi connectivity index (χ1) is 12.2. The molecule has 0 aliphatic rings. The van der Waals surface area contributed by atoms with Gasteiger partial charge in [0.15, 0.2) is 5.13 Å². The highest BCUT2D eigenvalue weighted by Gasteiger charge is 2.21. The van der Waals surface area contributed by atoms with Crippen molar-refractivity contribution in [2.24, 2.45) is 7.05 Å². The first-order valence-corrected chi connectivity index (χ1v) is 11.1. The van der Waals surface area contributed by atoms with Crippen LogP contribution in [0, 0.1) is 6.92 Å². The van der Waals surface area contributed by atoms with Gasteiger partial charge in [0.1, 0.15) is 4.90 Å². The fourth-order valence-electron chi connectivity index (χ4n) is 2.20. The second-order valence-corrected chi connectivity index (χ2v) is 9.55. The highest BCUT2D eigenvalue weighted by Crippen LogP contribution is 2.22. The molecule has 0 bridgehead atoms. The molecule has 0 aliphatic carbocycles. The number of rotatable bonds is 6. The second-order valence-electron chi connectivity index (χ2n) is 5.33. The molecular formula is C14H15N5O4S3. The smallest absolute Gasteiger partial charge is 0.265 e. The van der Waals surface area contributed by atoms with Crippen molar-refractivity contribution in [1.82, 2.24) is 14.8 Å². The van der Waals surface area contributed by atoms with E-state index in [0.29, 0.717) is 5.69 Å². The van der Waals surface area contributed by atoms with Gasteiger partial charge < -0.3 is 0 Å². The zero-order valence-electron chi connectivity index (χ0n) is 13.7. The Bertz CT molecular complexity index is 1120. The number of anilines is 2. The highest BCUT2D eigenvalue weighted by atomic mass is 32.2. The van der Waals surface area contributed by atoms with Crippen LogP contribution >= 0.6 is 11.3 Å². The number of aryl methyl sites for hydroxylation is 2. The van der Waals surface area contributed by atoms with Gasteiger partial charge in [-0.2, -0.15) is 5.10 Å². The third kappa shape index (κ3) is 3.86. The number of hydrogen-bond donors (Lipinski definition) is 2. The molecule has 9 nitrogen and oxygen atoms in total. The van der Waals surface area contributed by atoms with E-state index in [9.17, 15) is 16.8 Å². The summed E-state index contributed by atoms with van der Waals surface area (Å²) in [4.78, 5) is 3.92. The van der Waals surface area contributed by atoms with Crippen molar-refractivity contribution in [3.05, 3.63) is 47.7 Å². The Labute approximate surface area is 154 Å². The topological polar surface area (TPSA) is 123 Å². The molecule has 0 amide bonds. The van der Waals surface area contributed by atoms with Crippen LogP contribution in [0.5, 0.6) is 0 Å². The zero-order chi connectivity index (χ0) is 18.9. The van der Waals surface area contributed by atoms with E-state index in [1.807, 2.05) is 0 Å². The van der Waals surface area contributed by atoms with Gasteiger partial charge in [0.25, 0.3) is 20.0 Å². The summed E-state index contributed by atoms with van der Waals surface area (Å²) < 4.78 is 55.6. The van der Waals surface area contributed by atoms with Crippen LogP contribution in [0.25, 0.3) is 0 Å². The monoisotopic (exact) mass is 413 g/mol. The average Bonchev–Trinajstić information content (AvgIpc) is 3.16. The third-order valence-corrected chi connectivity index (χ3v) is 6.99. The molecule has 0 radical (unpaired) electrons. The number of hydrogen-bond acceptors (Lipinski definition) is 7. The van der Waals surface area contributed by atoms with Gasteiger partial charge in [-0.15, -0.1) is 11.3 Å². The molecule has 138 valence electrons. The Morgan fingerprint density at radius 3 is 2.27 bits per heavy atom. The average molecular weight is 414 g/mol. The standard InChI is InChI=1S/C14H15N5O4S3/c1-10-13(9-19(2)16-10)26(22,23)17-11-3-5-12(6-4-11)25(20,21)18-14-15-7-8-24-14/h3-9,17H,1-2H3,(H,15,18). The molecule has 0 spiro atoms. The lowest BCUT2D eigenvalue weighted by Crippen LogP contribution is -2.15. The summed E-state index contributed by atoms with van der Waals surface area (Å²) in [7, 11) is -5.99. The third-order valence-electron chi connectivity index (χ3n) is 3.33. The van der Waals surface area contributed by atoms with Gasteiger partial charge in [0, 0.05) is 30.5 Å². The number of benzene rings is 1. The minimum Gasteiger partial charge on any atom is -0.280 e. The summed E-state index contributed by atoms with van der Waals surface area (Å²) in [6, 6.07) is 5.37. The molecule has 0 fully saturated rings. The molecule has 0 atom stereocenters. The fourth-order valence-corrected chi connectivity index (χ4v) is 5.27. The van der Waals surface area contributed by atoms with Crippen LogP contribution in [0.3, 0.4) is 0 Å². The number of sulfonamides is 2. The second kappa shape index (κ2) is 6.70. The van der Waals surface area contributed by atoms with Crippen molar-refractivity contribution >= 4 is 42.2 Å². The summed E-state index contributed by atoms with van der Waals surface area (Å²) in [6.45, 7) is 1.59. The van der Waals surface area contributed by atoms with Crippen molar-refractivity contribution in [3.63, 3.8) is 0 Å². The van der Waals surface area contributed by atoms with Crippen molar-refractivity contribution in [2.75, 3.05) is 9.44 Å². The van der Waals surface area contributed by atoms with Crippen molar-refractivity contribution in [2.45, 2.75) is 16.7 Å². The molecule has 2 N–H and O–H groups in total. The largest absolute Gasteiger partial charge is 0.280 e. The number of thiazole rings is 1. The molecule has 3 aromatic rings. The number of nitrogens with one attached hydrogen (secondary N) is 2. The van der Waals surface area contributed by atoms with E-state index < -0.39 is 20.0 Å². The molecule has 12 heteroatoms. The summed E-state index contributed by atoms with van der Waals surface area (Å²) in [5.74, 6) is 0. The van der Waals surface area contributed by atoms with Gasteiger partial charge in [-0.3, -0.25) is 14.1 Å². The van der Waals surface area contributed by atoms with Crippen LogP contribution in [-0.2, 0) is 27.1 Å². The van der Waals surface area contributed by atoms with E-state index >= 15 is 0 Å². The van der Waals surface area contributed by atoms with Gasteiger partial charge in [-0.1, -0.05) is 0 Å². The predicted molar refractivity (Wildman–Crippen MR) is 98.1 cm³/mol. The molecule has 0 aliphatic heterocycles. The Kier molecular flexibility index (Phi) is 4.73. The SMILES string of the molecule is Cc1nn(C)cc1S(=O)(=O)Nc1ccc(S(=O)(=O)Nc2nccs2)cc1. The van der Waals surface area contributed by atoms with Crippen LogP contribution < -0.4 is 9.44 Å². The Morgan fingerprint density at radius 2 is 1.73 bits per heavy atom. The Hall–Kier alpha value is -2.44. The number of aromatic nitrogens is 3. The summed E-state index contributed by atoms with van der Waals surface area (Å²) >= 11 is 1.16. The van der Waals surface area contributed by atoms with Crippen molar-refractivity contribution < 1.29 is 16.8 Å². The van der Waals surface area contributed by atoms with Crippen LogP contribution in [0.4, 0.5) is 10.8 Å². The van der Waals surface area contributed by atoms with E-state index in [2.05, 4.69) is 19.5 Å². The van der Waals surface area contributed by atoms with E-state index in [4.69, 9.17) is 0 Å². The first-order valence-electron chi connectivity index (χ1n) is 7.23. The summed E-state index contributed by atoms with van der Waals surface area (Å²) in [5, 5.41) is 5.91. The van der Waals surface area contributed by atoms with Gasteiger partial charge >= 0.3 is 0 Å². The molecule has 3 rings (SSSR count). The van der Waals surface area contributed by atoms with Gasteiger partial charge in [-0.25, -0.2) is 21.8 Å². The van der Waals surface area contributed by atoms with Crippen molar-refractivity contribution in [1.29, 1.82) is 0 Å². The Balaban J connectivity index is 1.80. The molecule has 0 saturated carbocycles. The maximum atomic E-state index is 12.4. The Morgan fingerprint density at radius 1 is 1.04 bits per heavy atom. The van der Waals surface area contributed by atoms with Crippen LogP contribution in [0.2, 0.25) is 0 Å². The van der Waals surface area contributed by atoms with Crippen molar-refractivity contribution in [3.8, 4) is 0 Å². The normalized spacial score (nSPS) is 12.1. The van der Waals surface area contributed by atoms with Crippen LogP contribution in [0.1, 0.15) is 5.69 Å². The predicted octanol–water partition coefficient (Wildman–Crippen LogP) is 1.79. The molecule has 0 unspecified atom stereocenters. The van der Waals surface area contributed by atoms with E-state index in [1.54, 1.807) is 19.4 Å². The van der Waals surface area contributed by atoms with Crippen LogP contribution in [-0.4, -0.2) is 31.6 Å². The number of nitrogens with zero attached hydrogens (tertiary/aromatic N) is 3. The molecular weight excluding hydrogens is 398 g/mol. The van der Waals surface area contributed by atoms with E-state index in [0.717, 1.165) is 11.3 Å². The molecule has 0 saturated heterocycles. The van der Waals surface area contributed by atoms with E-state index in [1.165, 1.54) is 41.3 Å². The molecule has 2 heterocycles. The summed E-state index contributed by atoms with van der Waals surface area (Å²) in [5.41, 5.74) is 0.605. The lowest BCUT2D eigenvalue weighted by molar-refractivity contribution is 0.599. The quantitative estimate of drug-likeness (QED) is 0.635. The fraction of sp³-hybridized carbons (Fsp3) is 0.143. The van der Waals surface area contributed by atoms with Gasteiger partial charge in [0.05, 0.1) is 10.6 Å². The molecule has 2 aromatic heterocycles. The molecule has 1 aromatic carbocycles. The lowest BCUT2D eigenvalue weighted by Gasteiger charge is -2.09. The van der Waals surface area contributed by atoms with Crippen LogP contribution in [0.15, 0.2) is 51.8 Å². The highest BCUT2D eigenvalue weighted by molar-refractivity contribution is 7.93. The molecule has 26 heavy (non-hydrogen) atoms. The minimum atomic E-state index is -3.82. The zero-order valence-corrected chi connectivity index (χ0v) is 16.2. The minimum absolute atomic E-state index is 0.00629. The van der Waals surface area contributed by atoms with E-state index in [-0.39, 0.29) is 20.6 Å². The van der Waals surface area contributed by atoms with Gasteiger partial charge in [-0.05, 0) is 31.2 Å². The van der Waals surface area contributed by atoms with Gasteiger partial charge in [0.2, 0.25) is 0 Å². The first kappa shape index (κ1) is 18.4. The maximum absolute atomic E-state index is 12.4. The lowest BCUT2D eigenvalue weighted by atomic mass is 10.3.